The fourth-order valence-electron chi connectivity index (χ4n) is 1.46. The summed E-state index contributed by atoms with van der Waals surface area (Å²) in [5.74, 6) is 0.931. The summed E-state index contributed by atoms with van der Waals surface area (Å²) >= 11 is 0. The van der Waals surface area contributed by atoms with Crippen molar-refractivity contribution in [3.05, 3.63) is 23.5 Å². The summed E-state index contributed by atoms with van der Waals surface area (Å²) in [5.41, 5.74) is 7.73. The molecule has 1 aliphatic carbocycles. The van der Waals surface area contributed by atoms with Gasteiger partial charge in [0, 0.05) is 12.7 Å². The smallest absolute Gasteiger partial charge is 0.145 e. The standard InChI is InChI=1S/C11H16N2O/c1-2-8-5-6-13-10(7-12)11(8)14-9-3-4-9/h5-6,9H,2-4,7,12H2,1H3. The molecule has 2 N–H and O–H groups in total. The largest absolute Gasteiger partial charge is 0.488 e. The molecule has 0 unspecified atom stereocenters. The van der Waals surface area contributed by atoms with E-state index in [-0.39, 0.29) is 0 Å². The van der Waals surface area contributed by atoms with E-state index in [4.69, 9.17) is 10.5 Å². The second-order valence-electron chi connectivity index (χ2n) is 3.62. The number of aryl methyl sites for hydroxylation is 1. The Labute approximate surface area is 84.3 Å². The first-order valence-corrected chi connectivity index (χ1v) is 5.18. The lowest BCUT2D eigenvalue weighted by molar-refractivity contribution is 0.295. The van der Waals surface area contributed by atoms with E-state index in [0.29, 0.717) is 12.6 Å². The Morgan fingerprint density at radius 2 is 2.36 bits per heavy atom. The van der Waals surface area contributed by atoms with Gasteiger partial charge in [-0.1, -0.05) is 6.92 Å². The number of hydrogen-bond donors (Lipinski definition) is 1. The molecule has 1 aliphatic rings. The van der Waals surface area contributed by atoms with E-state index in [0.717, 1.165) is 17.9 Å². The molecule has 14 heavy (non-hydrogen) atoms. The molecule has 0 aliphatic heterocycles. The van der Waals surface area contributed by atoms with E-state index >= 15 is 0 Å². The maximum Gasteiger partial charge on any atom is 0.145 e. The van der Waals surface area contributed by atoms with Gasteiger partial charge in [-0.2, -0.15) is 0 Å². The van der Waals surface area contributed by atoms with Crippen LogP contribution in [0.5, 0.6) is 5.75 Å². The minimum absolute atomic E-state index is 0.412. The lowest BCUT2D eigenvalue weighted by atomic mass is 10.1. The molecular formula is C11H16N2O. The zero-order chi connectivity index (χ0) is 9.97. The molecule has 1 saturated carbocycles. The molecule has 1 aromatic rings. The van der Waals surface area contributed by atoms with E-state index in [1.165, 1.54) is 18.4 Å². The first-order valence-electron chi connectivity index (χ1n) is 5.18. The normalized spacial score (nSPS) is 15.6. The van der Waals surface area contributed by atoms with Gasteiger partial charge in [0.1, 0.15) is 5.75 Å². The molecule has 0 saturated heterocycles. The highest BCUT2D eigenvalue weighted by Gasteiger charge is 2.25. The molecule has 1 heterocycles. The lowest BCUT2D eigenvalue weighted by Crippen LogP contribution is -2.08. The van der Waals surface area contributed by atoms with Crippen LogP contribution in [-0.2, 0) is 13.0 Å². The molecule has 0 spiro atoms. The average molecular weight is 192 g/mol. The molecular weight excluding hydrogens is 176 g/mol. The molecule has 1 aromatic heterocycles. The van der Waals surface area contributed by atoms with Crippen molar-refractivity contribution < 1.29 is 4.74 Å². The van der Waals surface area contributed by atoms with Gasteiger partial charge in [0.15, 0.2) is 0 Å². The van der Waals surface area contributed by atoms with Crippen molar-refractivity contribution in [1.82, 2.24) is 4.98 Å². The second kappa shape index (κ2) is 3.96. The first kappa shape index (κ1) is 9.46. The van der Waals surface area contributed by atoms with Crippen LogP contribution in [0.3, 0.4) is 0 Å². The Kier molecular flexibility index (Phi) is 2.68. The summed E-state index contributed by atoms with van der Waals surface area (Å²) in [6, 6.07) is 2.01. The van der Waals surface area contributed by atoms with Crippen molar-refractivity contribution in [2.75, 3.05) is 0 Å². The van der Waals surface area contributed by atoms with Crippen molar-refractivity contribution in [3.63, 3.8) is 0 Å². The zero-order valence-corrected chi connectivity index (χ0v) is 8.49. The predicted octanol–water partition coefficient (Wildman–Crippen LogP) is 1.64. The van der Waals surface area contributed by atoms with Crippen molar-refractivity contribution in [1.29, 1.82) is 0 Å². The molecule has 0 amide bonds. The lowest BCUT2D eigenvalue weighted by Gasteiger charge is -2.12. The summed E-state index contributed by atoms with van der Waals surface area (Å²) in [6.07, 6.45) is 5.53. The van der Waals surface area contributed by atoms with E-state index in [1.807, 2.05) is 6.07 Å². The van der Waals surface area contributed by atoms with E-state index in [9.17, 15) is 0 Å². The highest BCUT2D eigenvalue weighted by molar-refractivity contribution is 5.37. The van der Waals surface area contributed by atoms with E-state index in [1.54, 1.807) is 6.20 Å². The first-order chi connectivity index (χ1) is 6.85. The topological polar surface area (TPSA) is 48.1 Å². The van der Waals surface area contributed by atoms with Crippen LogP contribution in [0.4, 0.5) is 0 Å². The van der Waals surface area contributed by atoms with E-state index in [2.05, 4.69) is 11.9 Å². The van der Waals surface area contributed by atoms with Gasteiger partial charge in [0.05, 0.1) is 11.8 Å². The number of rotatable bonds is 4. The minimum Gasteiger partial charge on any atom is -0.488 e. The summed E-state index contributed by atoms with van der Waals surface area (Å²) in [7, 11) is 0. The summed E-state index contributed by atoms with van der Waals surface area (Å²) in [6.45, 7) is 2.57. The Balaban J connectivity index is 2.29. The number of hydrogen-bond acceptors (Lipinski definition) is 3. The Morgan fingerprint density at radius 1 is 1.57 bits per heavy atom. The van der Waals surface area contributed by atoms with E-state index < -0.39 is 0 Å². The van der Waals surface area contributed by atoms with Gasteiger partial charge < -0.3 is 10.5 Å². The molecule has 0 atom stereocenters. The summed E-state index contributed by atoms with van der Waals surface area (Å²) < 4.78 is 5.83. The number of pyridine rings is 1. The van der Waals surface area contributed by atoms with Gasteiger partial charge in [0.25, 0.3) is 0 Å². The van der Waals surface area contributed by atoms with Gasteiger partial charge >= 0.3 is 0 Å². The molecule has 3 heteroatoms. The molecule has 76 valence electrons. The van der Waals surface area contributed by atoms with Crippen molar-refractivity contribution in [2.24, 2.45) is 5.73 Å². The van der Waals surface area contributed by atoms with Gasteiger partial charge in [-0.15, -0.1) is 0 Å². The quantitative estimate of drug-likeness (QED) is 0.789. The average Bonchev–Trinajstić information content (AvgIpc) is 3.02. The Morgan fingerprint density at radius 3 is 2.93 bits per heavy atom. The van der Waals surface area contributed by atoms with Crippen LogP contribution in [0.2, 0.25) is 0 Å². The van der Waals surface area contributed by atoms with Crippen LogP contribution in [0.15, 0.2) is 12.3 Å². The fourth-order valence-corrected chi connectivity index (χ4v) is 1.46. The minimum atomic E-state index is 0.412. The maximum atomic E-state index is 5.83. The number of nitrogens with zero attached hydrogens (tertiary/aromatic N) is 1. The van der Waals surface area contributed by atoms with Gasteiger partial charge in [0.2, 0.25) is 0 Å². The fraction of sp³-hybridized carbons (Fsp3) is 0.545. The van der Waals surface area contributed by atoms with Crippen LogP contribution in [0.1, 0.15) is 31.0 Å². The van der Waals surface area contributed by atoms with Crippen LogP contribution < -0.4 is 10.5 Å². The number of aromatic nitrogens is 1. The van der Waals surface area contributed by atoms with Crippen molar-refractivity contribution >= 4 is 0 Å². The Hall–Kier alpha value is -1.09. The van der Waals surface area contributed by atoms with Crippen LogP contribution in [0.25, 0.3) is 0 Å². The zero-order valence-electron chi connectivity index (χ0n) is 8.49. The molecule has 3 nitrogen and oxygen atoms in total. The molecule has 0 radical (unpaired) electrons. The Bertz CT molecular complexity index is 299. The third kappa shape index (κ3) is 1.87. The second-order valence-corrected chi connectivity index (χ2v) is 3.62. The molecule has 0 aromatic carbocycles. The molecule has 2 rings (SSSR count). The summed E-state index contributed by atoms with van der Waals surface area (Å²) in [5, 5.41) is 0. The third-order valence-electron chi connectivity index (χ3n) is 2.44. The number of ether oxygens (including phenoxy) is 1. The van der Waals surface area contributed by atoms with Gasteiger partial charge in [-0.3, -0.25) is 4.98 Å². The third-order valence-corrected chi connectivity index (χ3v) is 2.44. The van der Waals surface area contributed by atoms with Gasteiger partial charge in [-0.05, 0) is 30.9 Å². The highest BCUT2D eigenvalue weighted by Crippen LogP contribution is 2.31. The van der Waals surface area contributed by atoms with Crippen LogP contribution in [-0.4, -0.2) is 11.1 Å². The van der Waals surface area contributed by atoms with Crippen LogP contribution in [0, 0.1) is 0 Å². The highest BCUT2D eigenvalue weighted by atomic mass is 16.5. The maximum absolute atomic E-state index is 5.83. The SMILES string of the molecule is CCc1ccnc(CN)c1OC1CC1. The van der Waals surface area contributed by atoms with Crippen LogP contribution >= 0.6 is 0 Å². The monoisotopic (exact) mass is 192 g/mol. The number of nitrogens with two attached hydrogens (primary N) is 1. The molecule has 1 fully saturated rings. The predicted molar refractivity (Wildman–Crippen MR) is 55.2 cm³/mol. The summed E-state index contributed by atoms with van der Waals surface area (Å²) in [4.78, 5) is 4.24. The molecule has 0 bridgehead atoms. The van der Waals surface area contributed by atoms with Crippen molar-refractivity contribution in [3.8, 4) is 5.75 Å². The van der Waals surface area contributed by atoms with Gasteiger partial charge in [-0.25, -0.2) is 0 Å². The van der Waals surface area contributed by atoms with Crippen molar-refractivity contribution in [2.45, 2.75) is 38.8 Å².